The van der Waals surface area contributed by atoms with Gasteiger partial charge in [0.2, 0.25) is 0 Å². The van der Waals surface area contributed by atoms with Gasteiger partial charge in [-0.1, -0.05) is 45.8 Å². The summed E-state index contributed by atoms with van der Waals surface area (Å²) in [5.41, 5.74) is 10.6. The van der Waals surface area contributed by atoms with Crippen molar-refractivity contribution in [1.82, 2.24) is 6.15 Å². The Hall–Kier alpha value is -1.32. The second kappa shape index (κ2) is 5.84. The van der Waals surface area contributed by atoms with Gasteiger partial charge in [0.15, 0.2) is 0 Å². The maximum atomic E-state index is 5.96. The summed E-state index contributed by atoms with van der Waals surface area (Å²) in [5.74, 6) is 0. The molecule has 90 valence electrons. The van der Waals surface area contributed by atoms with Crippen molar-refractivity contribution < 1.29 is 0 Å². The maximum Gasteiger partial charge on any atom is 0.0350 e. The quantitative estimate of drug-likeness (QED) is 0.819. The van der Waals surface area contributed by atoms with Crippen LogP contribution in [-0.2, 0) is 6.42 Å². The summed E-state index contributed by atoms with van der Waals surface area (Å²) in [5, 5.41) is 0. The molecule has 3 heteroatoms. The molecule has 0 aliphatic carbocycles. The van der Waals surface area contributed by atoms with E-state index in [9.17, 15) is 0 Å². The Morgan fingerprint density at radius 1 is 1.06 bits per heavy atom. The van der Waals surface area contributed by atoms with E-state index < -0.39 is 0 Å². The molecule has 2 aromatic rings. The summed E-state index contributed by atoms with van der Waals surface area (Å²) in [6.45, 7) is 2.09. The average molecular weight is 293 g/mol. The number of anilines is 1. The summed E-state index contributed by atoms with van der Waals surface area (Å²) >= 11 is 3.43. The molecule has 5 N–H and O–H groups in total. The molecule has 0 atom stereocenters. The van der Waals surface area contributed by atoms with E-state index in [0.29, 0.717) is 0 Å². The number of hydrogen-bond donors (Lipinski definition) is 2. The van der Waals surface area contributed by atoms with Crippen molar-refractivity contribution in [1.29, 1.82) is 0 Å². The third-order valence-electron chi connectivity index (χ3n) is 2.61. The molecule has 0 radical (unpaired) electrons. The van der Waals surface area contributed by atoms with Gasteiger partial charge in [-0.05, 0) is 42.7 Å². The molecule has 0 saturated heterocycles. The van der Waals surface area contributed by atoms with E-state index in [2.05, 4.69) is 53.2 Å². The molecule has 0 heterocycles. The van der Waals surface area contributed by atoms with E-state index in [1.165, 1.54) is 16.7 Å². The summed E-state index contributed by atoms with van der Waals surface area (Å²) < 4.78 is 1.11. The highest BCUT2D eigenvalue weighted by Gasteiger charge is 2.01. The van der Waals surface area contributed by atoms with Gasteiger partial charge < -0.3 is 11.9 Å². The second-order valence-electron chi connectivity index (χ2n) is 4.01. The van der Waals surface area contributed by atoms with Gasteiger partial charge in [-0.25, -0.2) is 0 Å². The fourth-order valence-electron chi connectivity index (χ4n) is 1.71. The zero-order valence-electron chi connectivity index (χ0n) is 9.91. The highest BCUT2D eigenvalue weighted by molar-refractivity contribution is 9.10. The van der Waals surface area contributed by atoms with Crippen LogP contribution in [0.3, 0.4) is 0 Å². The van der Waals surface area contributed by atoms with Crippen molar-refractivity contribution in [3.63, 3.8) is 0 Å². The topological polar surface area (TPSA) is 61.0 Å². The molecular formula is C14H17BrN2. The van der Waals surface area contributed by atoms with E-state index in [-0.39, 0.29) is 6.15 Å². The number of aryl methyl sites for hydroxylation is 1. The SMILES string of the molecule is Cc1ccc(N)c(Cc2ccc(Br)cc2)c1.N. The highest BCUT2D eigenvalue weighted by Crippen LogP contribution is 2.19. The fourth-order valence-corrected chi connectivity index (χ4v) is 1.97. The van der Waals surface area contributed by atoms with Crippen LogP contribution in [0, 0.1) is 6.92 Å². The number of halogens is 1. The summed E-state index contributed by atoms with van der Waals surface area (Å²) in [4.78, 5) is 0. The van der Waals surface area contributed by atoms with Crippen molar-refractivity contribution >= 4 is 21.6 Å². The first-order valence-corrected chi connectivity index (χ1v) is 6.04. The van der Waals surface area contributed by atoms with Gasteiger partial charge in [-0.3, -0.25) is 0 Å². The summed E-state index contributed by atoms with van der Waals surface area (Å²) in [6, 6.07) is 14.5. The monoisotopic (exact) mass is 292 g/mol. The lowest BCUT2D eigenvalue weighted by atomic mass is 10.0. The normalized spacial score (nSPS) is 9.76. The average Bonchev–Trinajstić information content (AvgIpc) is 2.27. The van der Waals surface area contributed by atoms with E-state index >= 15 is 0 Å². The highest BCUT2D eigenvalue weighted by atomic mass is 79.9. The standard InChI is InChI=1S/C14H14BrN.H3N/c1-10-2-7-14(16)12(8-10)9-11-3-5-13(15)6-4-11;/h2-8H,9,16H2,1H3;1H3. The first kappa shape index (κ1) is 13.7. The molecule has 2 rings (SSSR count). The number of nitrogens with two attached hydrogens (primary N) is 1. The minimum Gasteiger partial charge on any atom is -0.398 e. The molecular weight excluding hydrogens is 276 g/mol. The Balaban J connectivity index is 0.00000144. The van der Waals surface area contributed by atoms with Crippen molar-refractivity contribution in [2.75, 3.05) is 5.73 Å². The van der Waals surface area contributed by atoms with E-state index in [4.69, 9.17) is 5.73 Å². The fraction of sp³-hybridized carbons (Fsp3) is 0.143. The molecule has 17 heavy (non-hydrogen) atoms. The molecule has 0 aliphatic heterocycles. The van der Waals surface area contributed by atoms with Gasteiger partial charge in [0, 0.05) is 10.2 Å². The van der Waals surface area contributed by atoms with Crippen LogP contribution in [-0.4, -0.2) is 0 Å². The molecule has 0 amide bonds. The van der Waals surface area contributed by atoms with Crippen LogP contribution >= 0.6 is 15.9 Å². The molecule has 0 bridgehead atoms. The minimum atomic E-state index is 0. The maximum absolute atomic E-state index is 5.96. The zero-order valence-corrected chi connectivity index (χ0v) is 11.5. The van der Waals surface area contributed by atoms with Gasteiger partial charge >= 0.3 is 0 Å². The van der Waals surface area contributed by atoms with Gasteiger partial charge in [0.05, 0.1) is 0 Å². The van der Waals surface area contributed by atoms with E-state index in [0.717, 1.165) is 16.6 Å². The lowest BCUT2D eigenvalue weighted by Crippen LogP contribution is -1.96. The van der Waals surface area contributed by atoms with Gasteiger partial charge in [0.1, 0.15) is 0 Å². The van der Waals surface area contributed by atoms with Gasteiger partial charge in [0.25, 0.3) is 0 Å². The van der Waals surface area contributed by atoms with Crippen molar-refractivity contribution in [2.24, 2.45) is 0 Å². The number of rotatable bonds is 2. The summed E-state index contributed by atoms with van der Waals surface area (Å²) in [6.07, 6.45) is 0.890. The molecule has 2 nitrogen and oxygen atoms in total. The van der Waals surface area contributed by atoms with Crippen LogP contribution < -0.4 is 11.9 Å². The van der Waals surface area contributed by atoms with Crippen molar-refractivity contribution in [3.8, 4) is 0 Å². The van der Waals surface area contributed by atoms with Crippen molar-refractivity contribution in [3.05, 3.63) is 63.6 Å². The largest absolute Gasteiger partial charge is 0.398 e. The van der Waals surface area contributed by atoms with E-state index in [1.54, 1.807) is 0 Å². The molecule has 0 aliphatic rings. The number of hydrogen-bond acceptors (Lipinski definition) is 2. The first-order chi connectivity index (χ1) is 7.65. The molecule has 0 saturated carbocycles. The third kappa shape index (κ3) is 3.58. The molecule has 0 spiro atoms. The smallest absolute Gasteiger partial charge is 0.0350 e. The first-order valence-electron chi connectivity index (χ1n) is 5.24. The Morgan fingerprint density at radius 2 is 1.71 bits per heavy atom. The van der Waals surface area contributed by atoms with Gasteiger partial charge in [-0.2, -0.15) is 0 Å². The van der Waals surface area contributed by atoms with Crippen LogP contribution in [0.1, 0.15) is 16.7 Å². The molecule has 0 aromatic heterocycles. The van der Waals surface area contributed by atoms with Crippen LogP contribution in [0.2, 0.25) is 0 Å². The van der Waals surface area contributed by atoms with E-state index in [1.807, 2.05) is 12.1 Å². The lowest BCUT2D eigenvalue weighted by molar-refractivity contribution is 1.18. The van der Waals surface area contributed by atoms with Crippen molar-refractivity contribution in [2.45, 2.75) is 13.3 Å². The Kier molecular flexibility index (Phi) is 4.73. The van der Waals surface area contributed by atoms with Crippen LogP contribution in [0.5, 0.6) is 0 Å². The second-order valence-corrected chi connectivity index (χ2v) is 4.92. The Labute approximate surface area is 111 Å². The van der Waals surface area contributed by atoms with Crippen LogP contribution in [0.25, 0.3) is 0 Å². The predicted molar refractivity (Wildman–Crippen MR) is 77.6 cm³/mol. The van der Waals surface area contributed by atoms with Crippen LogP contribution in [0.15, 0.2) is 46.9 Å². The number of nitrogen functional groups attached to an aromatic ring is 1. The third-order valence-corrected chi connectivity index (χ3v) is 3.13. The summed E-state index contributed by atoms with van der Waals surface area (Å²) in [7, 11) is 0. The molecule has 0 unspecified atom stereocenters. The van der Waals surface area contributed by atoms with Gasteiger partial charge in [-0.15, -0.1) is 0 Å². The molecule has 2 aromatic carbocycles. The number of benzene rings is 2. The lowest BCUT2D eigenvalue weighted by Gasteiger charge is -2.07. The van der Waals surface area contributed by atoms with Crippen LogP contribution in [0.4, 0.5) is 5.69 Å². The minimum absolute atomic E-state index is 0. The zero-order chi connectivity index (χ0) is 11.5. The Bertz CT molecular complexity index is 492. The predicted octanol–water partition coefficient (Wildman–Crippen LogP) is 4.09. The Morgan fingerprint density at radius 3 is 2.35 bits per heavy atom. The molecule has 0 fully saturated rings.